The van der Waals surface area contributed by atoms with E-state index >= 15 is 0 Å². The van der Waals surface area contributed by atoms with E-state index in [0.29, 0.717) is 5.02 Å². The van der Waals surface area contributed by atoms with Crippen LogP contribution in [0.15, 0.2) is 12.3 Å². The van der Waals surface area contributed by atoms with Crippen LogP contribution in [0.25, 0.3) is 0 Å². The molecular weight excluding hydrogens is 248 g/mol. The second kappa shape index (κ2) is 8.33. The third-order valence-electron chi connectivity index (χ3n) is 2.92. The van der Waals surface area contributed by atoms with E-state index in [9.17, 15) is 0 Å². The number of unbranched alkanes of at least 4 members (excludes halogenated alkanes) is 2. The molecule has 0 bridgehead atoms. The maximum atomic E-state index is 9.06. The fraction of sp³-hybridized carbons (Fsp3) is 0.643. The average molecular weight is 271 g/mol. The first-order chi connectivity index (χ1) is 8.72. The normalized spacial score (nSPS) is 10.7. The minimum Gasteiger partial charge on any atom is -0.392 e. The molecule has 3 nitrogen and oxygen atoms in total. The third-order valence-corrected chi connectivity index (χ3v) is 3.20. The molecule has 0 atom stereocenters. The van der Waals surface area contributed by atoms with Gasteiger partial charge >= 0.3 is 0 Å². The van der Waals surface area contributed by atoms with Gasteiger partial charge in [0.1, 0.15) is 5.82 Å². The second-order valence-corrected chi connectivity index (χ2v) is 4.91. The van der Waals surface area contributed by atoms with Crippen molar-refractivity contribution in [2.24, 2.45) is 0 Å². The van der Waals surface area contributed by atoms with Crippen LogP contribution in [0.2, 0.25) is 5.02 Å². The SMILES string of the molecule is CCCCN(CCCC)c1ncc(CO)cc1Cl. The van der Waals surface area contributed by atoms with Crippen LogP contribution in [0.1, 0.15) is 45.1 Å². The molecule has 0 aliphatic rings. The van der Waals surface area contributed by atoms with Crippen molar-refractivity contribution in [1.82, 2.24) is 4.98 Å². The van der Waals surface area contributed by atoms with Gasteiger partial charge in [-0.15, -0.1) is 0 Å². The molecule has 0 unspecified atom stereocenters. The van der Waals surface area contributed by atoms with Crippen molar-refractivity contribution in [3.63, 3.8) is 0 Å². The molecule has 0 radical (unpaired) electrons. The highest BCUT2D eigenvalue weighted by Gasteiger charge is 2.11. The summed E-state index contributed by atoms with van der Waals surface area (Å²) in [6.07, 6.45) is 6.31. The summed E-state index contributed by atoms with van der Waals surface area (Å²) in [5.74, 6) is 0.843. The predicted molar refractivity (Wildman–Crippen MR) is 77.2 cm³/mol. The van der Waals surface area contributed by atoms with Crippen molar-refractivity contribution >= 4 is 17.4 Å². The summed E-state index contributed by atoms with van der Waals surface area (Å²) in [5.41, 5.74) is 0.759. The van der Waals surface area contributed by atoms with Crippen LogP contribution in [0.5, 0.6) is 0 Å². The Labute approximate surface area is 115 Å². The molecule has 0 saturated carbocycles. The Balaban J connectivity index is 2.82. The summed E-state index contributed by atoms with van der Waals surface area (Å²) < 4.78 is 0. The Kier molecular flexibility index (Phi) is 7.06. The van der Waals surface area contributed by atoms with Gasteiger partial charge in [0.25, 0.3) is 0 Å². The number of hydrogen-bond donors (Lipinski definition) is 1. The molecule has 0 amide bonds. The third kappa shape index (κ3) is 4.46. The number of hydrogen-bond acceptors (Lipinski definition) is 3. The molecule has 0 aliphatic heterocycles. The summed E-state index contributed by atoms with van der Waals surface area (Å²) in [4.78, 5) is 6.64. The molecule has 4 heteroatoms. The zero-order chi connectivity index (χ0) is 13.4. The highest BCUT2D eigenvalue weighted by Crippen LogP contribution is 2.25. The quantitative estimate of drug-likeness (QED) is 0.784. The lowest BCUT2D eigenvalue weighted by atomic mass is 10.2. The number of aliphatic hydroxyl groups is 1. The number of anilines is 1. The zero-order valence-electron chi connectivity index (χ0n) is 11.3. The van der Waals surface area contributed by atoms with Crippen LogP contribution in [0.3, 0.4) is 0 Å². The van der Waals surface area contributed by atoms with Crippen LogP contribution in [0, 0.1) is 0 Å². The topological polar surface area (TPSA) is 36.4 Å². The molecule has 0 fully saturated rings. The lowest BCUT2D eigenvalue weighted by Crippen LogP contribution is -2.26. The van der Waals surface area contributed by atoms with Gasteiger partial charge in [0.2, 0.25) is 0 Å². The monoisotopic (exact) mass is 270 g/mol. The fourth-order valence-corrected chi connectivity index (χ4v) is 2.12. The first-order valence-electron chi connectivity index (χ1n) is 6.73. The van der Waals surface area contributed by atoms with Gasteiger partial charge in [-0.25, -0.2) is 4.98 Å². The molecule has 0 spiro atoms. The van der Waals surface area contributed by atoms with E-state index in [1.165, 1.54) is 0 Å². The van der Waals surface area contributed by atoms with Crippen LogP contribution < -0.4 is 4.90 Å². The summed E-state index contributed by atoms with van der Waals surface area (Å²) in [6.45, 7) is 6.32. The molecule has 1 N–H and O–H groups in total. The number of aromatic nitrogens is 1. The van der Waals surface area contributed by atoms with Gasteiger partial charge in [0.05, 0.1) is 11.6 Å². The van der Waals surface area contributed by atoms with E-state index < -0.39 is 0 Å². The number of halogens is 1. The molecule has 102 valence electrons. The Morgan fingerprint density at radius 3 is 2.28 bits per heavy atom. The molecule has 0 aliphatic carbocycles. The largest absolute Gasteiger partial charge is 0.392 e. The molecule has 0 aromatic carbocycles. The molecule has 0 saturated heterocycles. The Bertz CT molecular complexity index is 350. The van der Waals surface area contributed by atoms with E-state index in [1.54, 1.807) is 12.3 Å². The van der Waals surface area contributed by atoms with E-state index in [1.807, 2.05) is 0 Å². The molecule has 1 aromatic heterocycles. The van der Waals surface area contributed by atoms with Gasteiger partial charge in [0, 0.05) is 19.3 Å². The van der Waals surface area contributed by atoms with Crippen molar-refractivity contribution in [3.8, 4) is 0 Å². The lowest BCUT2D eigenvalue weighted by Gasteiger charge is -2.24. The first-order valence-corrected chi connectivity index (χ1v) is 7.10. The van der Waals surface area contributed by atoms with Gasteiger partial charge in [0.15, 0.2) is 0 Å². The van der Waals surface area contributed by atoms with E-state index in [2.05, 4.69) is 23.7 Å². The van der Waals surface area contributed by atoms with Gasteiger partial charge in [-0.3, -0.25) is 0 Å². The summed E-state index contributed by atoms with van der Waals surface area (Å²) in [5, 5.41) is 9.70. The highest BCUT2D eigenvalue weighted by molar-refractivity contribution is 6.33. The van der Waals surface area contributed by atoms with Gasteiger partial charge < -0.3 is 10.0 Å². The number of nitrogens with zero attached hydrogens (tertiary/aromatic N) is 2. The summed E-state index contributed by atoms with van der Waals surface area (Å²) in [6, 6.07) is 1.80. The molecule has 1 aromatic rings. The predicted octanol–water partition coefficient (Wildman–Crippen LogP) is 3.63. The average Bonchev–Trinajstić information content (AvgIpc) is 2.39. The number of rotatable bonds is 8. The van der Waals surface area contributed by atoms with Gasteiger partial charge in [-0.05, 0) is 24.5 Å². The Morgan fingerprint density at radius 2 is 1.83 bits per heavy atom. The Hall–Kier alpha value is -0.800. The van der Waals surface area contributed by atoms with E-state index in [-0.39, 0.29) is 6.61 Å². The highest BCUT2D eigenvalue weighted by atomic mass is 35.5. The summed E-state index contributed by atoms with van der Waals surface area (Å²) in [7, 11) is 0. The Morgan fingerprint density at radius 1 is 1.22 bits per heavy atom. The number of aliphatic hydroxyl groups excluding tert-OH is 1. The van der Waals surface area contributed by atoms with Crippen LogP contribution in [0.4, 0.5) is 5.82 Å². The smallest absolute Gasteiger partial charge is 0.147 e. The van der Waals surface area contributed by atoms with Crippen molar-refractivity contribution in [1.29, 1.82) is 0 Å². The van der Waals surface area contributed by atoms with E-state index in [0.717, 1.165) is 50.2 Å². The minimum absolute atomic E-state index is 0.0169. The molecular formula is C14H23ClN2O. The fourth-order valence-electron chi connectivity index (χ4n) is 1.81. The van der Waals surface area contributed by atoms with Crippen LogP contribution in [-0.2, 0) is 6.61 Å². The summed E-state index contributed by atoms with van der Waals surface area (Å²) >= 11 is 6.25. The molecule has 1 heterocycles. The lowest BCUT2D eigenvalue weighted by molar-refractivity contribution is 0.281. The zero-order valence-corrected chi connectivity index (χ0v) is 12.1. The van der Waals surface area contributed by atoms with Crippen molar-refractivity contribution in [2.75, 3.05) is 18.0 Å². The van der Waals surface area contributed by atoms with Crippen LogP contribution in [-0.4, -0.2) is 23.2 Å². The first kappa shape index (κ1) is 15.3. The number of pyridine rings is 1. The van der Waals surface area contributed by atoms with Crippen LogP contribution >= 0.6 is 11.6 Å². The molecule has 1 rings (SSSR count). The molecule has 18 heavy (non-hydrogen) atoms. The minimum atomic E-state index is -0.0169. The van der Waals surface area contributed by atoms with Crippen molar-refractivity contribution in [2.45, 2.75) is 46.1 Å². The maximum Gasteiger partial charge on any atom is 0.147 e. The second-order valence-electron chi connectivity index (χ2n) is 4.50. The standard InChI is InChI=1S/C14H23ClN2O/c1-3-5-7-17(8-6-4-2)14-13(15)9-12(11-18)10-16-14/h9-10,18H,3-8,11H2,1-2H3. The van der Waals surface area contributed by atoms with Gasteiger partial charge in [-0.1, -0.05) is 38.3 Å². The maximum absolute atomic E-state index is 9.06. The van der Waals surface area contributed by atoms with Gasteiger partial charge in [-0.2, -0.15) is 0 Å². The van der Waals surface area contributed by atoms with Crippen molar-refractivity contribution in [3.05, 3.63) is 22.8 Å². The van der Waals surface area contributed by atoms with Crippen molar-refractivity contribution < 1.29 is 5.11 Å². The van der Waals surface area contributed by atoms with E-state index in [4.69, 9.17) is 16.7 Å².